The smallest absolute Gasteiger partial charge is 0.118 e. The van der Waals surface area contributed by atoms with Gasteiger partial charge in [-0.1, -0.05) is 29.4 Å². The Labute approximate surface area is 182 Å². The van der Waals surface area contributed by atoms with Crippen molar-refractivity contribution in [3.63, 3.8) is 0 Å². The van der Waals surface area contributed by atoms with E-state index >= 15 is 0 Å². The maximum Gasteiger partial charge on any atom is 0.118 e. The first-order valence-electron chi connectivity index (χ1n) is 10.5. The van der Waals surface area contributed by atoms with Crippen molar-refractivity contribution >= 4 is 0 Å². The van der Waals surface area contributed by atoms with Crippen LogP contribution < -0.4 is 9.47 Å². The third-order valence-electron chi connectivity index (χ3n) is 6.00. The number of rotatable bonds is 11. The van der Waals surface area contributed by atoms with Gasteiger partial charge in [0.15, 0.2) is 0 Å². The monoisotopic (exact) mass is 424 g/mol. The molecule has 164 valence electrons. The largest absolute Gasteiger partial charge is 0.497 e. The van der Waals surface area contributed by atoms with Crippen LogP contribution in [-0.4, -0.2) is 56.5 Å². The fourth-order valence-corrected chi connectivity index (χ4v) is 4.20. The third-order valence-corrected chi connectivity index (χ3v) is 6.00. The molecule has 4 unspecified atom stereocenters. The molecule has 5 atom stereocenters. The van der Waals surface area contributed by atoms with Crippen molar-refractivity contribution in [1.29, 1.82) is 0 Å². The van der Waals surface area contributed by atoms with Gasteiger partial charge in [-0.3, -0.25) is 4.90 Å². The molecule has 0 aliphatic carbocycles. The van der Waals surface area contributed by atoms with Gasteiger partial charge >= 0.3 is 0 Å². The summed E-state index contributed by atoms with van der Waals surface area (Å²) in [6, 6.07) is 16.0. The minimum absolute atomic E-state index is 0.144. The fraction of sp³-hybridized carbons (Fsp3) is 0.478. The molecule has 8 nitrogen and oxygen atoms in total. The van der Waals surface area contributed by atoms with Crippen LogP contribution in [0.4, 0.5) is 0 Å². The molecule has 2 heterocycles. The summed E-state index contributed by atoms with van der Waals surface area (Å²) in [6.07, 6.45) is 0.987. The highest BCUT2D eigenvalue weighted by Crippen LogP contribution is 2.40. The lowest BCUT2D eigenvalue weighted by atomic mass is 10.0. The highest BCUT2D eigenvalue weighted by atomic mass is 16.5. The standard InChI is InChI=1S/C23H28N4O4/c1-28-18-7-3-16(4-8-18)13-30-15-20(25-26-24)21-11-23(22-12-27(21)22)31-14-17-5-9-19(29-2)10-6-17/h3-10,20-23H,11-15H2,1-2H3/t20?,21?,22?,23-,27?/m0/s1. The van der Waals surface area contributed by atoms with Crippen LogP contribution in [0, 0.1) is 0 Å². The van der Waals surface area contributed by atoms with Gasteiger partial charge in [0.2, 0.25) is 0 Å². The lowest BCUT2D eigenvalue weighted by molar-refractivity contribution is 0.0401. The zero-order valence-corrected chi connectivity index (χ0v) is 17.9. The van der Waals surface area contributed by atoms with Gasteiger partial charge in [0, 0.05) is 23.5 Å². The molecule has 31 heavy (non-hydrogen) atoms. The minimum Gasteiger partial charge on any atom is -0.497 e. The molecule has 0 amide bonds. The predicted molar refractivity (Wildman–Crippen MR) is 116 cm³/mol. The van der Waals surface area contributed by atoms with E-state index in [4.69, 9.17) is 24.5 Å². The number of fused-ring (bicyclic) bond motifs is 1. The van der Waals surface area contributed by atoms with E-state index < -0.39 is 0 Å². The second kappa shape index (κ2) is 10.0. The maximum atomic E-state index is 9.06. The van der Waals surface area contributed by atoms with Crippen LogP contribution in [-0.2, 0) is 22.7 Å². The van der Waals surface area contributed by atoms with E-state index in [1.807, 2.05) is 48.5 Å². The van der Waals surface area contributed by atoms with Crippen molar-refractivity contribution in [1.82, 2.24) is 4.90 Å². The summed E-state index contributed by atoms with van der Waals surface area (Å²) in [7, 11) is 3.30. The van der Waals surface area contributed by atoms with Gasteiger partial charge in [0.05, 0.1) is 46.2 Å². The van der Waals surface area contributed by atoms with Crippen molar-refractivity contribution in [3.8, 4) is 11.5 Å². The van der Waals surface area contributed by atoms with Gasteiger partial charge in [-0.2, -0.15) is 0 Å². The van der Waals surface area contributed by atoms with Crippen molar-refractivity contribution in [2.45, 2.75) is 43.9 Å². The molecule has 0 saturated carbocycles. The van der Waals surface area contributed by atoms with Gasteiger partial charge in [0.1, 0.15) is 11.5 Å². The minimum atomic E-state index is -0.233. The molecular weight excluding hydrogens is 396 g/mol. The summed E-state index contributed by atoms with van der Waals surface area (Å²) in [5, 5.41) is 4.04. The van der Waals surface area contributed by atoms with E-state index in [0.29, 0.717) is 25.9 Å². The molecule has 0 N–H and O–H groups in total. The van der Waals surface area contributed by atoms with Crippen LogP contribution in [0.1, 0.15) is 17.5 Å². The van der Waals surface area contributed by atoms with Crippen molar-refractivity contribution in [3.05, 3.63) is 70.1 Å². The second-order valence-electron chi connectivity index (χ2n) is 7.90. The van der Waals surface area contributed by atoms with Gasteiger partial charge in [-0.15, -0.1) is 0 Å². The molecule has 0 radical (unpaired) electrons. The summed E-state index contributed by atoms with van der Waals surface area (Å²) < 4.78 is 22.5. The Kier molecular flexibility index (Phi) is 6.94. The Morgan fingerprint density at radius 2 is 1.61 bits per heavy atom. The van der Waals surface area contributed by atoms with Gasteiger partial charge in [-0.05, 0) is 47.3 Å². The van der Waals surface area contributed by atoms with Crippen LogP contribution in [0.3, 0.4) is 0 Å². The summed E-state index contributed by atoms with van der Waals surface area (Å²) in [5.74, 6) is 1.65. The number of hydrogen-bond donors (Lipinski definition) is 0. The molecule has 2 aliphatic heterocycles. The van der Waals surface area contributed by atoms with E-state index in [-0.39, 0.29) is 18.2 Å². The number of benzene rings is 2. The second-order valence-corrected chi connectivity index (χ2v) is 7.90. The summed E-state index contributed by atoms with van der Waals surface area (Å²) in [5.41, 5.74) is 11.2. The predicted octanol–water partition coefficient (Wildman–Crippen LogP) is 3.94. The van der Waals surface area contributed by atoms with Crippen LogP contribution in [0.25, 0.3) is 10.4 Å². The fourth-order valence-electron chi connectivity index (χ4n) is 4.20. The Morgan fingerprint density at radius 3 is 2.19 bits per heavy atom. The van der Waals surface area contributed by atoms with Crippen molar-refractivity contribution in [2.24, 2.45) is 5.11 Å². The topological polar surface area (TPSA) is 88.7 Å². The first kappa shape index (κ1) is 21.5. The summed E-state index contributed by atoms with van der Waals surface area (Å²) >= 11 is 0. The average Bonchev–Trinajstić information content (AvgIpc) is 3.53. The molecule has 2 saturated heterocycles. The van der Waals surface area contributed by atoms with E-state index in [9.17, 15) is 0 Å². The number of azide groups is 1. The van der Waals surface area contributed by atoms with E-state index in [0.717, 1.165) is 35.6 Å². The highest BCUT2D eigenvalue weighted by Gasteiger charge is 2.54. The van der Waals surface area contributed by atoms with E-state index in [2.05, 4.69) is 14.9 Å². The Balaban J connectivity index is 1.28. The number of methoxy groups -OCH3 is 2. The van der Waals surface area contributed by atoms with Crippen LogP contribution in [0.15, 0.2) is 53.6 Å². The molecule has 4 rings (SSSR count). The van der Waals surface area contributed by atoms with Crippen LogP contribution >= 0.6 is 0 Å². The Morgan fingerprint density at radius 1 is 1.00 bits per heavy atom. The zero-order chi connectivity index (χ0) is 21.6. The van der Waals surface area contributed by atoms with Crippen molar-refractivity contribution < 1.29 is 18.9 Å². The summed E-state index contributed by atoms with van der Waals surface area (Å²) in [4.78, 5) is 5.42. The average molecular weight is 425 g/mol. The molecule has 2 aromatic carbocycles. The number of piperidine rings is 1. The Hall–Kier alpha value is -2.77. The lowest BCUT2D eigenvalue weighted by Crippen LogP contribution is -2.34. The summed E-state index contributed by atoms with van der Waals surface area (Å²) in [6.45, 7) is 2.39. The first-order chi connectivity index (χ1) is 15.2. The first-order valence-corrected chi connectivity index (χ1v) is 10.5. The number of nitrogens with zero attached hydrogens (tertiary/aromatic N) is 4. The quantitative estimate of drug-likeness (QED) is 0.236. The molecule has 0 bridgehead atoms. The lowest BCUT2D eigenvalue weighted by Gasteiger charge is -2.22. The molecule has 0 aromatic heterocycles. The number of hydrogen-bond acceptors (Lipinski definition) is 6. The van der Waals surface area contributed by atoms with E-state index in [1.165, 1.54) is 0 Å². The van der Waals surface area contributed by atoms with Gasteiger partial charge < -0.3 is 18.9 Å². The molecule has 2 fully saturated rings. The molecule has 8 heteroatoms. The van der Waals surface area contributed by atoms with Crippen molar-refractivity contribution in [2.75, 3.05) is 27.4 Å². The molecular formula is C23H28N4O4. The molecule has 2 aliphatic rings. The molecule has 0 spiro atoms. The number of ether oxygens (including phenoxy) is 4. The molecule has 2 aromatic rings. The Bertz CT molecular complexity index is 899. The maximum absolute atomic E-state index is 9.06. The third kappa shape index (κ3) is 5.29. The zero-order valence-electron chi connectivity index (χ0n) is 17.9. The van der Waals surface area contributed by atoms with Gasteiger partial charge in [-0.25, -0.2) is 0 Å². The highest BCUT2D eigenvalue weighted by molar-refractivity contribution is 5.27. The van der Waals surface area contributed by atoms with E-state index in [1.54, 1.807) is 14.2 Å². The van der Waals surface area contributed by atoms with Gasteiger partial charge in [0.25, 0.3) is 0 Å². The van der Waals surface area contributed by atoms with Crippen LogP contribution in [0.2, 0.25) is 0 Å². The SMILES string of the molecule is COc1ccc(COCC(N=[N+]=[N-])C2C[C@H](OCc3ccc(OC)cc3)C3CN23)cc1. The van der Waals surface area contributed by atoms with Crippen LogP contribution in [0.5, 0.6) is 11.5 Å². The normalized spacial score (nSPS) is 24.7.